The zero-order valence-corrected chi connectivity index (χ0v) is 15.7. The van der Waals surface area contributed by atoms with Crippen LogP contribution in [0.2, 0.25) is 0 Å². The molecule has 0 aromatic heterocycles. The van der Waals surface area contributed by atoms with Crippen LogP contribution in [0.1, 0.15) is 44.6 Å². The van der Waals surface area contributed by atoms with Crippen molar-refractivity contribution in [3.05, 3.63) is 52.4 Å². The lowest BCUT2D eigenvalue weighted by Gasteiger charge is -2.34. The molecule has 5 heteroatoms. The molecule has 0 radical (unpaired) electrons. The zero-order chi connectivity index (χ0) is 18.0. The molecule has 0 spiro atoms. The van der Waals surface area contributed by atoms with Crippen molar-refractivity contribution in [2.45, 2.75) is 43.9 Å². The highest BCUT2D eigenvalue weighted by atomic mass is 32.2. The summed E-state index contributed by atoms with van der Waals surface area (Å²) in [7, 11) is 0. The number of thioether (sulfide) groups is 1. The summed E-state index contributed by atoms with van der Waals surface area (Å²) in [6.45, 7) is 3.99. The van der Waals surface area contributed by atoms with Crippen LogP contribution in [0.5, 0.6) is 0 Å². The van der Waals surface area contributed by atoms with E-state index in [0.717, 1.165) is 40.3 Å². The van der Waals surface area contributed by atoms with E-state index in [1.54, 1.807) is 18.7 Å². The van der Waals surface area contributed by atoms with Crippen LogP contribution in [-0.2, 0) is 14.3 Å². The fourth-order valence-corrected chi connectivity index (χ4v) is 4.00. The van der Waals surface area contributed by atoms with Gasteiger partial charge in [-0.2, -0.15) is 0 Å². The summed E-state index contributed by atoms with van der Waals surface area (Å²) in [5.74, 6) is -0.572. The lowest BCUT2D eigenvalue weighted by molar-refractivity contribution is -0.138. The van der Waals surface area contributed by atoms with Crippen LogP contribution in [0.4, 0.5) is 0 Å². The summed E-state index contributed by atoms with van der Waals surface area (Å²) in [6, 6.07) is 8.10. The van der Waals surface area contributed by atoms with E-state index >= 15 is 0 Å². The minimum atomic E-state index is -0.351. The summed E-state index contributed by atoms with van der Waals surface area (Å²) in [5, 5.41) is 3.29. The third-order valence-corrected chi connectivity index (χ3v) is 5.46. The maximum Gasteiger partial charge on any atom is 0.336 e. The summed E-state index contributed by atoms with van der Waals surface area (Å²) < 4.78 is 5.29. The molecule has 0 amide bonds. The molecule has 1 N–H and O–H groups in total. The lowest BCUT2D eigenvalue weighted by atomic mass is 9.75. The number of benzene rings is 1. The van der Waals surface area contributed by atoms with E-state index in [4.69, 9.17) is 4.74 Å². The standard InChI is InChI=1S/C20H23NO3S/c1-4-24-20(23)17-12(2)21-15-6-5-7-16(22)19(15)18(17)13-8-10-14(25-3)11-9-13/h8-11,18,21H,4-7H2,1-3H3. The smallest absolute Gasteiger partial charge is 0.336 e. The number of hydrogen-bond donors (Lipinski definition) is 1. The van der Waals surface area contributed by atoms with Gasteiger partial charge in [-0.05, 0) is 50.6 Å². The molecule has 2 aliphatic rings. The van der Waals surface area contributed by atoms with Gasteiger partial charge in [0.05, 0.1) is 12.2 Å². The van der Waals surface area contributed by atoms with Crippen LogP contribution < -0.4 is 5.32 Å². The Balaban J connectivity index is 2.13. The quantitative estimate of drug-likeness (QED) is 0.653. The van der Waals surface area contributed by atoms with E-state index in [-0.39, 0.29) is 17.7 Å². The minimum absolute atomic E-state index is 0.127. The first-order chi connectivity index (χ1) is 12.1. The Labute approximate surface area is 152 Å². The van der Waals surface area contributed by atoms with E-state index in [0.29, 0.717) is 18.6 Å². The average Bonchev–Trinajstić information content (AvgIpc) is 2.61. The normalized spacial score (nSPS) is 20.3. The molecular weight excluding hydrogens is 334 g/mol. The van der Waals surface area contributed by atoms with E-state index in [9.17, 15) is 9.59 Å². The predicted molar refractivity (Wildman–Crippen MR) is 99.3 cm³/mol. The van der Waals surface area contributed by atoms with Crippen LogP contribution in [0.25, 0.3) is 0 Å². The van der Waals surface area contributed by atoms with E-state index in [1.807, 2.05) is 37.4 Å². The number of nitrogens with one attached hydrogen (secondary N) is 1. The summed E-state index contributed by atoms with van der Waals surface area (Å²) in [5.41, 5.74) is 3.99. The van der Waals surface area contributed by atoms with Gasteiger partial charge >= 0.3 is 5.97 Å². The number of rotatable bonds is 4. The van der Waals surface area contributed by atoms with Gasteiger partial charge in [-0.1, -0.05) is 12.1 Å². The van der Waals surface area contributed by atoms with E-state index in [2.05, 4.69) is 5.32 Å². The average molecular weight is 357 g/mol. The third-order valence-electron chi connectivity index (χ3n) is 4.72. The molecule has 1 aromatic rings. The van der Waals surface area contributed by atoms with Crippen molar-refractivity contribution >= 4 is 23.5 Å². The Hall–Kier alpha value is -2.01. The van der Waals surface area contributed by atoms with Crippen LogP contribution >= 0.6 is 11.8 Å². The molecule has 0 fully saturated rings. The Morgan fingerprint density at radius 1 is 1.28 bits per heavy atom. The fraction of sp³-hybridized carbons (Fsp3) is 0.400. The zero-order valence-electron chi connectivity index (χ0n) is 14.8. The van der Waals surface area contributed by atoms with Gasteiger partial charge in [-0.15, -0.1) is 11.8 Å². The van der Waals surface area contributed by atoms with Gasteiger partial charge in [-0.25, -0.2) is 4.79 Å². The van der Waals surface area contributed by atoms with Crippen molar-refractivity contribution in [1.29, 1.82) is 0 Å². The van der Waals surface area contributed by atoms with Crippen molar-refractivity contribution in [2.24, 2.45) is 0 Å². The molecule has 1 aliphatic heterocycles. The maximum absolute atomic E-state index is 12.7. The van der Waals surface area contributed by atoms with Crippen molar-refractivity contribution in [3.63, 3.8) is 0 Å². The number of Topliss-reactive ketones (excluding diaryl/α,β-unsaturated/α-hetero) is 1. The molecule has 1 unspecified atom stereocenters. The molecule has 132 valence electrons. The highest BCUT2D eigenvalue weighted by Crippen LogP contribution is 2.42. The van der Waals surface area contributed by atoms with Gasteiger partial charge in [0.2, 0.25) is 0 Å². The number of carbonyl (C=O) groups is 2. The second-order valence-electron chi connectivity index (χ2n) is 6.26. The molecule has 0 saturated heterocycles. The van der Waals surface area contributed by atoms with Crippen LogP contribution in [-0.4, -0.2) is 24.6 Å². The molecule has 0 bridgehead atoms. The first-order valence-electron chi connectivity index (χ1n) is 8.62. The summed E-state index contributed by atoms with van der Waals surface area (Å²) in [4.78, 5) is 26.5. The number of ether oxygens (including phenoxy) is 1. The van der Waals surface area contributed by atoms with Crippen molar-refractivity contribution in [3.8, 4) is 0 Å². The molecule has 0 saturated carbocycles. The highest BCUT2D eigenvalue weighted by molar-refractivity contribution is 7.98. The number of hydrogen-bond acceptors (Lipinski definition) is 5. The number of allylic oxidation sites excluding steroid dienone is 3. The number of dihydropyridines is 1. The third kappa shape index (κ3) is 3.38. The summed E-state index contributed by atoms with van der Waals surface area (Å²) >= 11 is 1.67. The van der Waals surface area contributed by atoms with Crippen LogP contribution in [0.3, 0.4) is 0 Å². The topological polar surface area (TPSA) is 55.4 Å². The molecule has 1 atom stereocenters. The number of esters is 1. The van der Waals surface area contributed by atoms with Crippen molar-refractivity contribution < 1.29 is 14.3 Å². The Morgan fingerprint density at radius 2 is 2.00 bits per heavy atom. The monoisotopic (exact) mass is 357 g/mol. The maximum atomic E-state index is 12.7. The van der Waals surface area contributed by atoms with Crippen LogP contribution in [0, 0.1) is 0 Å². The van der Waals surface area contributed by atoms with E-state index in [1.165, 1.54) is 0 Å². The first kappa shape index (κ1) is 17.8. The van der Waals surface area contributed by atoms with E-state index < -0.39 is 0 Å². The Bertz CT molecular complexity index is 762. The van der Waals surface area contributed by atoms with Gasteiger partial charge in [0.25, 0.3) is 0 Å². The van der Waals surface area contributed by atoms with Crippen molar-refractivity contribution in [2.75, 3.05) is 12.9 Å². The second kappa shape index (κ2) is 7.48. The summed E-state index contributed by atoms with van der Waals surface area (Å²) in [6.07, 6.45) is 4.26. The molecule has 1 aliphatic carbocycles. The van der Waals surface area contributed by atoms with Crippen molar-refractivity contribution in [1.82, 2.24) is 5.32 Å². The fourth-order valence-electron chi connectivity index (χ4n) is 3.59. The Morgan fingerprint density at radius 3 is 2.64 bits per heavy atom. The molecule has 25 heavy (non-hydrogen) atoms. The largest absolute Gasteiger partial charge is 0.463 e. The second-order valence-corrected chi connectivity index (χ2v) is 7.14. The molecule has 4 nitrogen and oxygen atoms in total. The molecule has 1 aromatic carbocycles. The van der Waals surface area contributed by atoms with Gasteiger partial charge in [-0.3, -0.25) is 4.79 Å². The molecule has 1 heterocycles. The molecular formula is C20H23NO3S. The highest BCUT2D eigenvalue weighted by Gasteiger charge is 2.38. The predicted octanol–water partition coefficient (Wildman–Crippen LogP) is 3.94. The lowest BCUT2D eigenvalue weighted by Crippen LogP contribution is -2.34. The number of ketones is 1. The molecule has 3 rings (SSSR count). The minimum Gasteiger partial charge on any atom is -0.463 e. The number of carbonyl (C=O) groups excluding carboxylic acids is 2. The SMILES string of the molecule is CCOC(=O)C1=C(C)NC2=C(C(=O)CCC2)C1c1ccc(SC)cc1. The van der Waals surface area contributed by atoms with Gasteiger partial charge in [0.1, 0.15) is 0 Å². The van der Waals surface area contributed by atoms with Gasteiger partial charge in [0.15, 0.2) is 5.78 Å². The van der Waals surface area contributed by atoms with Gasteiger partial charge < -0.3 is 10.1 Å². The van der Waals surface area contributed by atoms with Gasteiger partial charge in [0, 0.05) is 34.2 Å². The van der Waals surface area contributed by atoms with Crippen LogP contribution in [0.15, 0.2) is 51.7 Å². The first-order valence-corrected chi connectivity index (χ1v) is 9.84. The Kier molecular flexibility index (Phi) is 5.33.